The Labute approximate surface area is 186 Å². The Hall–Kier alpha value is -2.53. The molecule has 6 heteroatoms. The minimum Gasteiger partial charge on any atom is -0.324 e. The molecule has 0 saturated heterocycles. The number of halogens is 2. The van der Waals surface area contributed by atoms with Gasteiger partial charge in [0.15, 0.2) is 0 Å². The lowest BCUT2D eigenvalue weighted by atomic mass is 9.86. The van der Waals surface area contributed by atoms with Crippen LogP contribution < -0.4 is 5.32 Å². The van der Waals surface area contributed by atoms with Crippen molar-refractivity contribution in [2.75, 3.05) is 5.32 Å². The Morgan fingerprint density at radius 3 is 2.58 bits per heavy atom. The van der Waals surface area contributed by atoms with Gasteiger partial charge in [0.2, 0.25) is 5.91 Å². The van der Waals surface area contributed by atoms with Crippen LogP contribution in [0.25, 0.3) is 10.9 Å². The van der Waals surface area contributed by atoms with Gasteiger partial charge in [0.05, 0.1) is 17.4 Å². The Morgan fingerprint density at radius 2 is 1.87 bits per heavy atom. The molecule has 5 atom stereocenters. The molecule has 3 aromatic rings. The van der Waals surface area contributed by atoms with E-state index in [1.807, 2.05) is 13.1 Å². The highest BCUT2D eigenvalue weighted by Crippen LogP contribution is 2.54. The number of carbonyl (C=O) groups excluding carboxylic acids is 1. The van der Waals surface area contributed by atoms with Crippen LogP contribution in [0.2, 0.25) is 5.15 Å². The van der Waals surface area contributed by atoms with Crippen molar-refractivity contribution in [2.45, 2.75) is 38.5 Å². The molecule has 2 fully saturated rings. The zero-order valence-corrected chi connectivity index (χ0v) is 18.1. The molecule has 2 saturated carbocycles. The van der Waals surface area contributed by atoms with Crippen LogP contribution in [0.1, 0.15) is 44.1 Å². The van der Waals surface area contributed by atoms with E-state index in [-0.39, 0.29) is 17.6 Å². The fourth-order valence-corrected chi connectivity index (χ4v) is 5.85. The number of aromatic nitrogens is 2. The summed E-state index contributed by atoms with van der Waals surface area (Å²) in [6, 6.07) is 10.4. The smallest absolute Gasteiger partial charge is 0.227 e. The summed E-state index contributed by atoms with van der Waals surface area (Å²) in [5.74, 6) is 1.86. The summed E-state index contributed by atoms with van der Waals surface area (Å²) < 4.78 is 13.8. The molecule has 0 radical (unpaired) electrons. The molecular formula is C25H25ClFN3O. The number of nitrogens with one attached hydrogen (secondary N) is 1. The summed E-state index contributed by atoms with van der Waals surface area (Å²) in [4.78, 5) is 21.2. The average Bonchev–Trinajstić information content (AvgIpc) is 3.33. The summed E-state index contributed by atoms with van der Waals surface area (Å²) in [7, 11) is 0. The lowest BCUT2D eigenvalue weighted by molar-refractivity contribution is -0.120. The Balaban J connectivity index is 1.24. The quantitative estimate of drug-likeness (QED) is 0.493. The Morgan fingerprint density at radius 1 is 1.10 bits per heavy atom. The van der Waals surface area contributed by atoms with Gasteiger partial charge in [0.1, 0.15) is 11.0 Å². The molecule has 160 valence electrons. The monoisotopic (exact) mass is 437 g/mol. The SMILES string of the molecule is CC(C(=O)Nc1ccc(Cl)nc1)C1C[C@H]2CC(c3ccnc4ccc(F)cc34)C[C@H]2C1. The van der Waals surface area contributed by atoms with Gasteiger partial charge in [-0.15, -0.1) is 0 Å². The van der Waals surface area contributed by atoms with Crippen molar-refractivity contribution >= 4 is 34.1 Å². The van der Waals surface area contributed by atoms with Crippen molar-refractivity contribution < 1.29 is 9.18 Å². The largest absolute Gasteiger partial charge is 0.324 e. The summed E-state index contributed by atoms with van der Waals surface area (Å²) in [5.41, 5.74) is 2.75. The molecule has 2 heterocycles. The maximum atomic E-state index is 13.8. The van der Waals surface area contributed by atoms with E-state index in [4.69, 9.17) is 11.6 Å². The van der Waals surface area contributed by atoms with Crippen LogP contribution in [0.3, 0.4) is 0 Å². The minimum atomic E-state index is -0.212. The summed E-state index contributed by atoms with van der Waals surface area (Å²) in [6.07, 6.45) is 7.78. The third-order valence-electron chi connectivity index (χ3n) is 7.34. The summed E-state index contributed by atoms with van der Waals surface area (Å²) >= 11 is 5.82. The highest BCUT2D eigenvalue weighted by Gasteiger charge is 2.44. The maximum Gasteiger partial charge on any atom is 0.227 e. The molecule has 0 bridgehead atoms. The molecule has 1 aromatic carbocycles. The molecule has 5 rings (SSSR count). The second kappa shape index (κ2) is 8.19. The highest BCUT2D eigenvalue weighted by atomic mass is 35.5. The zero-order valence-electron chi connectivity index (χ0n) is 17.4. The summed E-state index contributed by atoms with van der Waals surface area (Å²) in [5, 5.41) is 4.32. The number of hydrogen-bond acceptors (Lipinski definition) is 3. The van der Waals surface area contributed by atoms with Crippen molar-refractivity contribution in [2.24, 2.45) is 23.7 Å². The van der Waals surface area contributed by atoms with E-state index in [1.54, 1.807) is 30.5 Å². The molecule has 2 aliphatic rings. The Kier molecular flexibility index (Phi) is 5.39. The van der Waals surface area contributed by atoms with Crippen LogP contribution in [-0.4, -0.2) is 15.9 Å². The second-order valence-corrected chi connectivity index (χ2v) is 9.52. The van der Waals surface area contributed by atoms with Gasteiger partial charge in [-0.2, -0.15) is 0 Å². The number of rotatable bonds is 4. The van der Waals surface area contributed by atoms with E-state index < -0.39 is 0 Å². The molecule has 1 amide bonds. The standard InChI is InChI=1S/C25H25ClFN3O/c1-14(25(31)30-20-3-5-24(26)29-13-20)15-8-16-10-18(11-17(16)9-15)21-6-7-28-23-4-2-19(27)12-22(21)23/h2-7,12-18H,8-11H2,1H3,(H,30,31)/t14?,15?,16-,17+,18?. The first-order valence-corrected chi connectivity index (χ1v) is 11.3. The first-order chi connectivity index (χ1) is 15.0. The van der Waals surface area contributed by atoms with Crippen LogP contribution in [0, 0.1) is 29.5 Å². The van der Waals surface area contributed by atoms with E-state index in [0.717, 1.165) is 36.6 Å². The van der Waals surface area contributed by atoms with Crippen LogP contribution in [0.5, 0.6) is 0 Å². The van der Waals surface area contributed by atoms with Crippen LogP contribution in [-0.2, 0) is 4.79 Å². The summed E-state index contributed by atoms with van der Waals surface area (Å²) in [6.45, 7) is 2.03. The van der Waals surface area contributed by atoms with E-state index in [2.05, 4.69) is 21.4 Å². The number of hydrogen-bond donors (Lipinski definition) is 1. The van der Waals surface area contributed by atoms with E-state index in [1.165, 1.54) is 11.6 Å². The number of carbonyl (C=O) groups is 1. The predicted molar refractivity (Wildman–Crippen MR) is 120 cm³/mol. The Bertz CT molecular complexity index is 1110. The van der Waals surface area contributed by atoms with Gasteiger partial charge in [-0.05, 0) is 91.3 Å². The van der Waals surface area contributed by atoms with E-state index in [0.29, 0.717) is 34.5 Å². The van der Waals surface area contributed by atoms with Gasteiger partial charge in [-0.1, -0.05) is 18.5 Å². The van der Waals surface area contributed by atoms with Gasteiger partial charge in [-0.3, -0.25) is 9.78 Å². The van der Waals surface area contributed by atoms with Crippen LogP contribution in [0.15, 0.2) is 48.8 Å². The third-order valence-corrected chi connectivity index (χ3v) is 7.57. The number of pyridine rings is 2. The van der Waals surface area contributed by atoms with Crippen LogP contribution >= 0.6 is 11.6 Å². The number of benzene rings is 1. The first kappa shape index (κ1) is 20.4. The van der Waals surface area contributed by atoms with Crippen molar-refractivity contribution in [3.8, 4) is 0 Å². The van der Waals surface area contributed by atoms with Gasteiger partial charge in [0, 0.05) is 17.5 Å². The molecule has 31 heavy (non-hydrogen) atoms. The number of nitrogens with zero attached hydrogens (tertiary/aromatic N) is 2. The number of anilines is 1. The lowest BCUT2D eigenvalue weighted by Gasteiger charge is -2.21. The third kappa shape index (κ3) is 4.03. The van der Waals surface area contributed by atoms with Gasteiger partial charge in [0.25, 0.3) is 0 Å². The number of fused-ring (bicyclic) bond motifs is 2. The van der Waals surface area contributed by atoms with Crippen molar-refractivity contribution in [1.82, 2.24) is 9.97 Å². The van der Waals surface area contributed by atoms with Gasteiger partial charge >= 0.3 is 0 Å². The fourth-order valence-electron chi connectivity index (χ4n) is 5.74. The van der Waals surface area contributed by atoms with Crippen molar-refractivity contribution in [3.05, 3.63) is 65.3 Å². The first-order valence-electron chi connectivity index (χ1n) is 10.9. The molecule has 0 aliphatic heterocycles. The minimum absolute atomic E-state index is 0.0428. The van der Waals surface area contributed by atoms with E-state index in [9.17, 15) is 9.18 Å². The normalized spacial score (nSPS) is 26.0. The molecule has 2 aromatic heterocycles. The maximum absolute atomic E-state index is 13.8. The van der Waals surface area contributed by atoms with Crippen molar-refractivity contribution in [1.29, 1.82) is 0 Å². The topological polar surface area (TPSA) is 54.9 Å². The predicted octanol–water partition coefficient (Wildman–Crippen LogP) is 6.22. The van der Waals surface area contributed by atoms with Gasteiger partial charge in [-0.25, -0.2) is 9.37 Å². The molecule has 3 unspecified atom stereocenters. The molecular weight excluding hydrogens is 413 g/mol. The van der Waals surface area contributed by atoms with Crippen molar-refractivity contribution in [3.63, 3.8) is 0 Å². The highest BCUT2D eigenvalue weighted by molar-refractivity contribution is 6.29. The van der Waals surface area contributed by atoms with Gasteiger partial charge < -0.3 is 5.32 Å². The lowest BCUT2D eigenvalue weighted by Crippen LogP contribution is -2.26. The average molecular weight is 438 g/mol. The number of amides is 1. The molecule has 4 nitrogen and oxygen atoms in total. The molecule has 0 spiro atoms. The zero-order chi connectivity index (χ0) is 21.5. The van der Waals surface area contributed by atoms with Crippen LogP contribution in [0.4, 0.5) is 10.1 Å². The molecule has 2 aliphatic carbocycles. The molecule has 1 N–H and O–H groups in total. The van der Waals surface area contributed by atoms with E-state index >= 15 is 0 Å². The second-order valence-electron chi connectivity index (χ2n) is 9.13. The fraction of sp³-hybridized carbons (Fsp3) is 0.400.